The molecule has 16 heavy (non-hydrogen) atoms. The Morgan fingerprint density at radius 2 is 2.25 bits per heavy atom. The van der Waals surface area contributed by atoms with Gasteiger partial charge in [-0.1, -0.05) is 6.92 Å². The van der Waals surface area contributed by atoms with Crippen molar-refractivity contribution < 1.29 is 4.79 Å². The van der Waals surface area contributed by atoms with Crippen LogP contribution in [0.2, 0.25) is 0 Å². The molecule has 4 nitrogen and oxygen atoms in total. The maximum atomic E-state index is 12.1. The van der Waals surface area contributed by atoms with E-state index in [1.807, 2.05) is 4.90 Å². The molecule has 2 N–H and O–H groups in total. The van der Waals surface area contributed by atoms with Gasteiger partial charge >= 0.3 is 6.03 Å². The molecule has 2 aliphatic rings. The number of piperidine rings is 1. The van der Waals surface area contributed by atoms with E-state index in [1.165, 1.54) is 6.42 Å². The quantitative estimate of drug-likeness (QED) is 0.758. The summed E-state index contributed by atoms with van der Waals surface area (Å²) in [6.07, 6.45) is 5.69. The molecule has 1 aliphatic carbocycles. The molecule has 1 heterocycles. The molecule has 1 atom stereocenters. The minimum Gasteiger partial charge on any atom is -0.335 e. The SMILES string of the molecule is CCCN(C(=O)NC1CC1)C1CCCNC1. The van der Waals surface area contributed by atoms with Crippen LogP contribution in [-0.4, -0.2) is 42.6 Å². The van der Waals surface area contributed by atoms with E-state index in [2.05, 4.69) is 17.6 Å². The highest BCUT2D eigenvalue weighted by molar-refractivity contribution is 5.75. The van der Waals surface area contributed by atoms with Gasteiger partial charge in [0, 0.05) is 25.2 Å². The zero-order chi connectivity index (χ0) is 11.4. The molecular formula is C12H23N3O. The maximum Gasteiger partial charge on any atom is 0.317 e. The van der Waals surface area contributed by atoms with Gasteiger partial charge in [-0.25, -0.2) is 4.79 Å². The fourth-order valence-corrected chi connectivity index (χ4v) is 2.28. The molecule has 92 valence electrons. The summed E-state index contributed by atoms with van der Waals surface area (Å²) in [7, 11) is 0. The standard InChI is InChI=1S/C12H23N3O/c1-2-8-15(11-4-3-7-13-9-11)12(16)14-10-5-6-10/h10-11,13H,2-9H2,1H3,(H,14,16). The molecule has 2 fully saturated rings. The van der Waals surface area contributed by atoms with Crippen LogP contribution in [0.25, 0.3) is 0 Å². The molecule has 0 aromatic carbocycles. The number of nitrogens with zero attached hydrogens (tertiary/aromatic N) is 1. The Labute approximate surface area is 97.8 Å². The van der Waals surface area contributed by atoms with Crippen LogP contribution in [0, 0.1) is 0 Å². The Hall–Kier alpha value is -0.770. The van der Waals surface area contributed by atoms with Crippen molar-refractivity contribution in [2.75, 3.05) is 19.6 Å². The highest BCUT2D eigenvalue weighted by Crippen LogP contribution is 2.20. The zero-order valence-corrected chi connectivity index (χ0v) is 10.2. The summed E-state index contributed by atoms with van der Waals surface area (Å²) >= 11 is 0. The number of hydrogen-bond donors (Lipinski definition) is 2. The first kappa shape index (κ1) is 11.7. The topological polar surface area (TPSA) is 44.4 Å². The van der Waals surface area contributed by atoms with Crippen LogP contribution in [0.5, 0.6) is 0 Å². The van der Waals surface area contributed by atoms with Crippen molar-refractivity contribution >= 4 is 6.03 Å². The van der Waals surface area contributed by atoms with Gasteiger partial charge in [0.25, 0.3) is 0 Å². The van der Waals surface area contributed by atoms with Crippen molar-refractivity contribution in [2.45, 2.75) is 51.1 Å². The highest BCUT2D eigenvalue weighted by atomic mass is 16.2. The van der Waals surface area contributed by atoms with Crippen LogP contribution in [0.4, 0.5) is 4.79 Å². The summed E-state index contributed by atoms with van der Waals surface area (Å²) in [5.74, 6) is 0. The summed E-state index contributed by atoms with van der Waals surface area (Å²) in [5, 5.41) is 6.47. The Kier molecular flexibility index (Phi) is 4.04. The monoisotopic (exact) mass is 225 g/mol. The van der Waals surface area contributed by atoms with Crippen molar-refractivity contribution in [1.82, 2.24) is 15.5 Å². The lowest BCUT2D eigenvalue weighted by Gasteiger charge is -2.34. The second-order valence-electron chi connectivity index (χ2n) is 4.92. The first-order valence-electron chi connectivity index (χ1n) is 6.59. The predicted molar refractivity (Wildman–Crippen MR) is 64.4 cm³/mol. The third-order valence-corrected chi connectivity index (χ3v) is 3.34. The van der Waals surface area contributed by atoms with Gasteiger partial charge in [0.05, 0.1) is 0 Å². The van der Waals surface area contributed by atoms with E-state index >= 15 is 0 Å². The third kappa shape index (κ3) is 3.11. The van der Waals surface area contributed by atoms with Gasteiger partial charge in [0.2, 0.25) is 0 Å². The Bertz CT molecular complexity index is 234. The Morgan fingerprint density at radius 3 is 2.81 bits per heavy atom. The number of hydrogen-bond acceptors (Lipinski definition) is 2. The molecule has 4 heteroatoms. The minimum absolute atomic E-state index is 0.151. The first-order chi connectivity index (χ1) is 7.81. The second-order valence-corrected chi connectivity index (χ2v) is 4.92. The molecule has 1 unspecified atom stereocenters. The molecular weight excluding hydrogens is 202 g/mol. The predicted octanol–water partition coefficient (Wildman–Crippen LogP) is 1.32. The number of carbonyl (C=O) groups excluding carboxylic acids is 1. The van der Waals surface area contributed by atoms with Crippen LogP contribution >= 0.6 is 0 Å². The zero-order valence-electron chi connectivity index (χ0n) is 10.2. The van der Waals surface area contributed by atoms with E-state index in [1.54, 1.807) is 0 Å². The number of rotatable bonds is 4. The minimum atomic E-state index is 0.151. The Morgan fingerprint density at radius 1 is 1.44 bits per heavy atom. The van der Waals surface area contributed by atoms with Gasteiger partial charge in [-0.2, -0.15) is 0 Å². The van der Waals surface area contributed by atoms with Gasteiger partial charge in [-0.05, 0) is 38.6 Å². The number of amides is 2. The van der Waals surface area contributed by atoms with E-state index in [0.29, 0.717) is 12.1 Å². The summed E-state index contributed by atoms with van der Waals surface area (Å²) in [5.41, 5.74) is 0. The van der Waals surface area contributed by atoms with Gasteiger partial charge in [-0.3, -0.25) is 0 Å². The van der Waals surface area contributed by atoms with Crippen molar-refractivity contribution in [2.24, 2.45) is 0 Å². The van der Waals surface area contributed by atoms with Crippen molar-refractivity contribution in [3.05, 3.63) is 0 Å². The van der Waals surface area contributed by atoms with Crippen LogP contribution in [-0.2, 0) is 0 Å². The molecule has 2 amide bonds. The molecule has 1 saturated heterocycles. The molecule has 1 saturated carbocycles. The molecule has 0 radical (unpaired) electrons. The molecule has 0 spiro atoms. The summed E-state index contributed by atoms with van der Waals surface area (Å²) in [4.78, 5) is 14.1. The Balaban J connectivity index is 1.88. The highest BCUT2D eigenvalue weighted by Gasteiger charge is 2.29. The molecule has 0 bridgehead atoms. The van der Waals surface area contributed by atoms with Crippen molar-refractivity contribution in [3.8, 4) is 0 Å². The average Bonchev–Trinajstić information content (AvgIpc) is 3.11. The van der Waals surface area contributed by atoms with Crippen LogP contribution in [0.15, 0.2) is 0 Å². The average molecular weight is 225 g/mol. The van der Waals surface area contributed by atoms with Crippen molar-refractivity contribution in [3.63, 3.8) is 0 Å². The lowest BCUT2D eigenvalue weighted by molar-refractivity contribution is 0.160. The van der Waals surface area contributed by atoms with Gasteiger partial charge in [-0.15, -0.1) is 0 Å². The van der Waals surface area contributed by atoms with E-state index in [9.17, 15) is 4.79 Å². The summed E-state index contributed by atoms with van der Waals surface area (Å²) < 4.78 is 0. The lowest BCUT2D eigenvalue weighted by atomic mass is 10.1. The normalized spacial score (nSPS) is 25.2. The number of carbonyl (C=O) groups is 1. The fourth-order valence-electron chi connectivity index (χ4n) is 2.28. The van der Waals surface area contributed by atoms with E-state index in [0.717, 1.165) is 45.3 Å². The van der Waals surface area contributed by atoms with Gasteiger partial charge in [0.1, 0.15) is 0 Å². The smallest absolute Gasteiger partial charge is 0.317 e. The van der Waals surface area contributed by atoms with Crippen LogP contribution in [0.3, 0.4) is 0 Å². The maximum absolute atomic E-state index is 12.1. The van der Waals surface area contributed by atoms with Crippen LogP contribution in [0.1, 0.15) is 39.0 Å². The third-order valence-electron chi connectivity index (χ3n) is 3.34. The lowest BCUT2D eigenvalue weighted by Crippen LogP contribution is -2.52. The van der Waals surface area contributed by atoms with E-state index < -0.39 is 0 Å². The molecule has 1 aliphatic heterocycles. The first-order valence-corrected chi connectivity index (χ1v) is 6.59. The van der Waals surface area contributed by atoms with Gasteiger partial charge < -0.3 is 15.5 Å². The fraction of sp³-hybridized carbons (Fsp3) is 0.917. The molecule has 2 rings (SSSR count). The second kappa shape index (κ2) is 5.53. The van der Waals surface area contributed by atoms with Crippen molar-refractivity contribution in [1.29, 1.82) is 0 Å². The van der Waals surface area contributed by atoms with Gasteiger partial charge in [0.15, 0.2) is 0 Å². The number of urea groups is 1. The number of nitrogens with one attached hydrogen (secondary N) is 2. The molecule has 0 aromatic rings. The largest absolute Gasteiger partial charge is 0.335 e. The van der Waals surface area contributed by atoms with E-state index in [-0.39, 0.29) is 6.03 Å². The summed E-state index contributed by atoms with van der Waals surface area (Å²) in [6.45, 7) is 5.07. The van der Waals surface area contributed by atoms with E-state index in [4.69, 9.17) is 0 Å². The summed E-state index contributed by atoms with van der Waals surface area (Å²) in [6, 6.07) is 1.01. The molecule has 0 aromatic heterocycles. The van der Waals surface area contributed by atoms with Crippen LogP contribution < -0.4 is 10.6 Å².